The maximum atomic E-state index is 12.9. The fraction of sp³-hybridized carbons (Fsp3) is 0.533. The lowest BCUT2D eigenvalue weighted by Crippen LogP contribution is -2.32. The number of benzene rings is 2. The number of carbonyl (C=O) groups is 2. The molecule has 180 valence electrons. The van der Waals surface area contributed by atoms with Crippen molar-refractivity contribution in [1.29, 1.82) is 0 Å². The maximum Gasteiger partial charge on any atom is 0.240 e. The highest BCUT2D eigenvalue weighted by Gasteiger charge is 2.51. The molecule has 34 heavy (non-hydrogen) atoms. The van der Waals surface area contributed by atoms with Crippen molar-refractivity contribution >= 4 is 17.5 Å². The van der Waals surface area contributed by atoms with Crippen LogP contribution in [0.25, 0.3) is 0 Å². The van der Waals surface area contributed by atoms with Crippen LogP contribution in [0.1, 0.15) is 75.3 Å². The molecule has 1 aliphatic heterocycles. The molecule has 0 bridgehead atoms. The second kappa shape index (κ2) is 8.25. The number of hydrogen-bond acceptors (Lipinski definition) is 3. The van der Waals surface area contributed by atoms with Crippen molar-refractivity contribution in [3.05, 3.63) is 58.7 Å². The summed E-state index contributed by atoms with van der Waals surface area (Å²) in [5.74, 6) is 2.17. The molecule has 5 rings (SSSR count). The predicted molar refractivity (Wildman–Crippen MR) is 135 cm³/mol. The average molecular weight is 460 g/mol. The van der Waals surface area contributed by atoms with Crippen molar-refractivity contribution in [2.75, 3.05) is 4.90 Å². The number of rotatable bonds is 4. The lowest BCUT2D eigenvalue weighted by molar-refractivity contribution is -0.125. The Labute approximate surface area is 203 Å². The summed E-state index contributed by atoms with van der Waals surface area (Å²) in [6.07, 6.45) is 5.00. The lowest BCUT2D eigenvalue weighted by Gasteiger charge is -2.27. The van der Waals surface area contributed by atoms with Crippen molar-refractivity contribution in [3.63, 3.8) is 0 Å². The molecule has 5 atom stereocenters. The monoisotopic (exact) mass is 459 g/mol. The summed E-state index contributed by atoms with van der Waals surface area (Å²) in [6.45, 7) is 12.3. The third kappa shape index (κ3) is 3.66. The molecule has 2 amide bonds. The normalized spacial score (nSPS) is 30.2. The van der Waals surface area contributed by atoms with Gasteiger partial charge in [-0.2, -0.15) is 0 Å². The van der Waals surface area contributed by atoms with E-state index in [1.165, 1.54) is 46.4 Å². The van der Waals surface area contributed by atoms with Crippen LogP contribution in [0.4, 0.5) is 5.69 Å². The molecular formula is C30H37NO3. The Morgan fingerprint density at radius 3 is 2.29 bits per heavy atom. The zero-order valence-electron chi connectivity index (χ0n) is 21.4. The van der Waals surface area contributed by atoms with E-state index in [1.807, 2.05) is 45.0 Å². The van der Waals surface area contributed by atoms with Gasteiger partial charge in [-0.25, -0.2) is 4.90 Å². The SMILES string of the molecule is Cc1cc(C)c2c(c1)[C@H](Oc1ccc(N3C(=O)C(C)C(C)(C)C3=O)cc1)[C@@H](C1CC[C@@H](C)C1)C2. The maximum absolute atomic E-state index is 12.9. The van der Waals surface area contributed by atoms with Gasteiger partial charge in [-0.05, 0) is 85.9 Å². The van der Waals surface area contributed by atoms with Crippen molar-refractivity contribution in [2.24, 2.45) is 29.1 Å². The summed E-state index contributed by atoms with van der Waals surface area (Å²) < 4.78 is 6.72. The van der Waals surface area contributed by atoms with E-state index in [2.05, 4.69) is 32.9 Å². The van der Waals surface area contributed by atoms with Gasteiger partial charge in [-0.1, -0.05) is 51.8 Å². The highest BCUT2D eigenvalue weighted by molar-refractivity contribution is 6.23. The Morgan fingerprint density at radius 2 is 1.71 bits per heavy atom. The molecular weight excluding hydrogens is 422 g/mol. The summed E-state index contributed by atoms with van der Waals surface area (Å²) in [5, 5.41) is 0. The van der Waals surface area contributed by atoms with Crippen molar-refractivity contribution < 1.29 is 14.3 Å². The molecule has 0 radical (unpaired) electrons. The minimum atomic E-state index is -0.679. The Balaban J connectivity index is 1.42. The number of carbonyl (C=O) groups excluding carboxylic acids is 2. The van der Waals surface area contributed by atoms with Gasteiger partial charge in [-0.3, -0.25) is 9.59 Å². The van der Waals surface area contributed by atoms with Gasteiger partial charge in [0.15, 0.2) is 0 Å². The summed E-state index contributed by atoms with van der Waals surface area (Å²) >= 11 is 0. The predicted octanol–water partition coefficient (Wildman–Crippen LogP) is 6.57. The molecule has 2 aliphatic carbocycles. The van der Waals surface area contributed by atoms with E-state index in [-0.39, 0.29) is 23.8 Å². The molecule has 2 fully saturated rings. The van der Waals surface area contributed by atoms with Crippen LogP contribution in [0, 0.1) is 42.9 Å². The van der Waals surface area contributed by atoms with E-state index in [9.17, 15) is 9.59 Å². The summed E-state index contributed by atoms with van der Waals surface area (Å²) in [4.78, 5) is 27.0. The second-order valence-corrected chi connectivity index (χ2v) is 11.7. The van der Waals surface area contributed by atoms with Crippen molar-refractivity contribution in [3.8, 4) is 5.75 Å². The summed E-state index contributed by atoms with van der Waals surface area (Å²) in [5.41, 5.74) is 5.40. The van der Waals surface area contributed by atoms with E-state index in [4.69, 9.17) is 4.74 Å². The molecule has 3 aliphatic rings. The smallest absolute Gasteiger partial charge is 0.240 e. The summed E-state index contributed by atoms with van der Waals surface area (Å²) in [6, 6.07) is 12.1. The lowest BCUT2D eigenvalue weighted by atomic mass is 9.82. The van der Waals surface area contributed by atoms with Gasteiger partial charge >= 0.3 is 0 Å². The van der Waals surface area contributed by atoms with E-state index >= 15 is 0 Å². The Morgan fingerprint density at radius 1 is 1.00 bits per heavy atom. The van der Waals surface area contributed by atoms with Crippen LogP contribution >= 0.6 is 0 Å². The Hall–Kier alpha value is -2.62. The summed E-state index contributed by atoms with van der Waals surface area (Å²) in [7, 11) is 0. The number of aryl methyl sites for hydroxylation is 2. The van der Waals surface area contributed by atoms with Crippen LogP contribution in [-0.2, 0) is 16.0 Å². The third-order valence-electron chi connectivity index (χ3n) is 8.91. The van der Waals surface area contributed by atoms with Gasteiger partial charge < -0.3 is 4.74 Å². The van der Waals surface area contributed by atoms with E-state index in [0.717, 1.165) is 18.1 Å². The first-order valence-electron chi connectivity index (χ1n) is 12.8. The van der Waals surface area contributed by atoms with Crippen molar-refractivity contribution in [2.45, 2.75) is 73.3 Å². The number of nitrogens with zero attached hydrogens (tertiary/aromatic N) is 1. The standard InChI is InChI=1S/C30H37NO3/c1-17-7-8-21(14-17)25-16-24-19(3)13-18(2)15-26(24)27(25)34-23-11-9-22(10-12-23)31-28(32)20(4)30(5,6)29(31)33/h9-13,15,17,20-21,25,27H,7-8,14,16H2,1-6H3/t17-,20?,21?,25-,27-/m1/s1. The van der Waals surface area contributed by atoms with E-state index in [0.29, 0.717) is 17.5 Å². The van der Waals surface area contributed by atoms with Gasteiger partial charge in [-0.15, -0.1) is 0 Å². The van der Waals surface area contributed by atoms with Crippen LogP contribution < -0.4 is 9.64 Å². The highest BCUT2D eigenvalue weighted by atomic mass is 16.5. The van der Waals surface area contributed by atoms with Gasteiger partial charge in [0.1, 0.15) is 11.9 Å². The fourth-order valence-corrected chi connectivity index (χ4v) is 6.48. The molecule has 0 N–H and O–H groups in total. The van der Waals surface area contributed by atoms with Crippen LogP contribution in [0.3, 0.4) is 0 Å². The molecule has 2 aromatic carbocycles. The molecule has 1 heterocycles. The van der Waals surface area contributed by atoms with Gasteiger partial charge in [0.25, 0.3) is 0 Å². The van der Waals surface area contributed by atoms with Crippen LogP contribution in [0.2, 0.25) is 0 Å². The van der Waals surface area contributed by atoms with Crippen LogP contribution in [0.15, 0.2) is 36.4 Å². The zero-order chi connectivity index (χ0) is 24.4. The Kier molecular flexibility index (Phi) is 5.61. The van der Waals surface area contributed by atoms with Gasteiger partial charge in [0, 0.05) is 5.92 Å². The van der Waals surface area contributed by atoms with Crippen LogP contribution in [-0.4, -0.2) is 11.8 Å². The van der Waals surface area contributed by atoms with E-state index in [1.54, 1.807) is 0 Å². The molecule has 0 aromatic heterocycles. The molecule has 4 heteroatoms. The zero-order valence-corrected chi connectivity index (χ0v) is 21.4. The number of imide groups is 1. The first-order chi connectivity index (χ1) is 16.1. The third-order valence-corrected chi connectivity index (χ3v) is 8.91. The topological polar surface area (TPSA) is 46.6 Å². The van der Waals surface area contributed by atoms with Crippen molar-refractivity contribution in [1.82, 2.24) is 0 Å². The average Bonchev–Trinajstić information content (AvgIpc) is 3.41. The molecule has 1 saturated heterocycles. The van der Waals surface area contributed by atoms with Crippen LogP contribution in [0.5, 0.6) is 5.75 Å². The first-order valence-corrected chi connectivity index (χ1v) is 12.8. The van der Waals surface area contributed by atoms with E-state index < -0.39 is 5.41 Å². The largest absolute Gasteiger partial charge is 0.485 e. The second-order valence-electron chi connectivity index (χ2n) is 11.7. The minimum absolute atomic E-state index is 0.0451. The molecule has 4 nitrogen and oxygen atoms in total. The van der Waals surface area contributed by atoms with Gasteiger partial charge in [0.05, 0.1) is 17.0 Å². The number of hydrogen-bond donors (Lipinski definition) is 0. The quantitative estimate of drug-likeness (QED) is 0.486. The minimum Gasteiger partial charge on any atom is -0.485 e. The van der Waals surface area contributed by atoms with Gasteiger partial charge in [0.2, 0.25) is 11.8 Å². The highest BCUT2D eigenvalue weighted by Crippen LogP contribution is 2.50. The molecule has 2 aromatic rings. The fourth-order valence-electron chi connectivity index (χ4n) is 6.48. The Bertz CT molecular complexity index is 1130. The number of ether oxygens (including phenoxy) is 1. The molecule has 1 saturated carbocycles. The molecule has 2 unspecified atom stereocenters. The number of anilines is 1. The number of fused-ring (bicyclic) bond motifs is 1. The molecule has 0 spiro atoms. The number of amides is 2. The first kappa shape index (κ1) is 23.1.